The summed E-state index contributed by atoms with van der Waals surface area (Å²) >= 11 is 0. The molecule has 0 saturated heterocycles. The number of H-pyrrole nitrogens is 1. The van der Waals surface area contributed by atoms with Gasteiger partial charge in [0.05, 0.1) is 0 Å². The van der Waals surface area contributed by atoms with Gasteiger partial charge in [0, 0.05) is 32.1 Å². The number of hydrogen-bond donors (Lipinski definition) is 2. The molecule has 2 unspecified atom stereocenters. The van der Waals surface area contributed by atoms with Gasteiger partial charge < -0.3 is 18.9 Å². The molecule has 2 atom stereocenters. The third kappa shape index (κ3) is 5.14. The summed E-state index contributed by atoms with van der Waals surface area (Å²) < 4.78 is 29.1. The van der Waals surface area contributed by atoms with Crippen molar-refractivity contribution < 1.29 is 23.3 Å². The fourth-order valence-corrected chi connectivity index (χ4v) is 1.67. The van der Waals surface area contributed by atoms with Gasteiger partial charge in [0.25, 0.3) is 5.56 Å². The maximum atomic E-state index is 14.0. The summed E-state index contributed by atoms with van der Waals surface area (Å²) in [6.07, 6.45) is 0.635. The van der Waals surface area contributed by atoms with E-state index >= 15 is 0 Å². The van der Waals surface area contributed by atoms with Crippen LogP contribution in [0.15, 0.2) is 21.9 Å². The van der Waals surface area contributed by atoms with Crippen molar-refractivity contribution in [3.05, 3.63) is 38.7 Å². The van der Waals surface area contributed by atoms with E-state index in [4.69, 9.17) is 9.47 Å². The summed E-state index contributed by atoms with van der Waals surface area (Å²) in [4.78, 5) is 33.9. The summed E-state index contributed by atoms with van der Waals surface area (Å²) in [5, 5.41) is 0. The molecule has 10 heteroatoms. The molecule has 0 aliphatic carbocycles. The second kappa shape index (κ2) is 8.16. The third-order valence-electron chi connectivity index (χ3n) is 2.42. The number of methoxy groups -OCH3 is 1. The van der Waals surface area contributed by atoms with E-state index in [1.54, 1.807) is 0 Å². The standard InChI is InChI=1S/C11H16FN2O6P/c1-7-5-14(11(16)13-10(7)15)8(12)4-9(18-2)20-6-21(17)19-3/h4-5,9,17H,6H2,1-3H3,(H,13,15,16)/b8-4-. The topological polar surface area (TPSA) is 103 Å². The van der Waals surface area contributed by atoms with Crippen molar-refractivity contribution in [2.24, 2.45) is 0 Å². The van der Waals surface area contributed by atoms with Crippen LogP contribution < -0.4 is 11.2 Å². The normalized spacial score (nSPS) is 15.0. The number of halogens is 1. The van der Waals surface area contributed by atoms with Crippen LogP contribution in [-0.2, 0) is 14.0 Å². The van der Waals surface area contributed by atoms with Gasteiger partial charge in [-0.1, -0.05) is 0 Å². The van der Waals surface area contributed by atoms with Crippen LogP contribution in [0.2, 0.25) is 0 Å². The van der Waals surface area contributed by atoms with Gasteiger partial charge in [0.1, 0.15) is 6.35 Å². The lowest BCUT2D eigenvalue weighted by atomic mass is 10.4. The summed E-state index contributed by atoms with van der Waals surface area (Å²) in [7, 11) is 0.786. The highest BCUT2D eigenvalue weighted by Crippen LogP contribution is 2.30. The van der Waals surface area contributed by atoms with Crippen LogP contribution in [0.1, 0.15) is 5.56 Å². The first kappa shape index (κ1) is 17.7. The lowest BCUT2D eigenvalue weighted by Crippen LogP contribution is -2.30. The molecule has 0 aromatic carbocycles. The molecular formula is C11H16FN2O6P. The Morgan fingerprint density at radius 3 is 2.81 bits per heavy atom. The highest BCUT2D eigenvalue weighted by Gasteiger charge is 2.13. The van der Waals surface area contributed by atoms with Crippen LogP contribution in [0.5, 0.6) is 0 Å². The molecule has 8 nitrogen and oxygen atoms in total. The molecule has 21 heavy (non-hydrogen) atoms. The number of aromatic amines is 1. The van der Waals surface area contributed by atoms with Crippen molar-refractivity contribution >= 4 is 14.3 Å². The smallest absolute Gasteiger partial charge is 0.334 e. The fraction of sp³-hybridized carbons (Fsp3) is 0.455. The number of nitrogens with zero attached hydrogens (tertiary/aromatic N) is 1. The van der Waals surface area contributed by atoms with Gasteiger partial charge in [-0.25, -0.2) is 9.36 Å². The summed E-state index contributed by atoms with van der Waals surface area (Å²) in [5.41, 5.74) is -1.34. The zero-order valence-electron chi connectivity index (χ0n) is 11.7. The van der Waals surface area contributed by atoms with Crippen LogP contribution in [0.25, 0.3) is 5.95 Å². The van der Waals surface area contributed by atoms with Crippen molar-refractivity contribution in [3.63, 3.8) is 0 Å². The number of nitrogens with one attached hydrogen (secondary N) is 1. The predicted molar refractivity (Wildman–Crippen MR) is 74.3 cm³/mol. The Hall–Kier alpha value is -1.38. The molecule has 0 bridgehead atoms. The molecule has 118 valence electrons. The zero-order valence-corrected chi connectivity index (χ0v) is 12.6. The van der Waals surface area contributed by atoms with Crippen LogP contribution in [0.4, 0.5) is 4.39 Å². The minimum absolute atomic E-state index is 0.172. The molecule has 1 aromatic rings. The van der Waals surface area contributed by atoms with Gasteiger partial charge in [-0.15, -0.1) is 0 Å². The highest BCUT2D eigenvalue weighted by molar-refractivity contribution is 7.45. The lowest BCUT2D eigenvalue weighted by Gasteiger charge is -2.14. The molecule has 1 heterocycles. The molecular weight excluding hydrogens is 306 g/mol. The minimum Gasteiger partial charge on any atom is -0.352 e. The number of aromatic nitrogens is 2. The minimum atomic E-state index is -1.78. The molecule has 2 N–H and O–H groups in total. The van der Waals surface area contributed by atoms with Crippen molar-refractivity contribution in [2.75, 3.05) is 20.6 Å². The maximum absolute atomic E-state index is 14.0. The third-order valence-corrected chi connectivity index (χ3v) is 3.21. The number of hydrogen-bond acceptors (Lipinski definition) is 6. The van der Waals surface area contributed by atoms with E-state index in [-0.39, 0.29) is 11.9 Å². The fourth-order valence-electron chi connectivity index (χ4n) is 1.29. The zero-order chi connectivity index (χ0) is 16.0. The summed E-state index contributed by atoms with van der Waals surface area (Å²) in [6, 6.07) is 0. The Morgan fingerprint density at radius 2 is 2.24 bits per heavy atom. The van der Waals surface area contributed by atoms with Gasteiger partial charge in [-0.2, -0.15) is 4.39 Å². The average molecular weight is 322 g/mol. The molecule has 0 radical (unpaired) electrons. The van der Waals surface area contributed by atoms with Gasteiger partial charge in [-0.05, 0) is 6.92 Å². The molecule has 0 aliphatic heterocycles. The van der Waals surface area contributed by atoms with Gasteiger partial charge >= 0.3 is 5.69 Å². The molecule has 0 amide bonds. The van der Waals surface area contributed by atoms with Gasteiger partial charge in [0.2, 0.25) is 5.95 Å². The largest absolute Gasteiger partial charge is 0.352 e. The van der Waals surface area contributed by atoms with E-state index in [2.05, 4.69) is 4.52 Å². The van der Waals surface area contributed by atoms with Crippen molar-refractivity contribution in [2.45, 2.75) is 13.2 Å². The number of aryl methyl sites for hydroxylation is 1. The van der Waals surface area contributed by atoms with E-state index in [9.17, 15) is 18.9 Å². The van der Waals surface area contributed by atoms with E-state index in [1.807, 2.05) is 4.98 Å². The molecule has 0 fully saturated rings. The highest BCUT2D eigenvalue weighted by atomic mass is 31.2. The van der Waals surface area contributed by atoms with E-state index in [1.165, 1.54) is 21.1 Å². The van der Waals surface area contributed by atoms with Crippen LogP contribution in [0, 0.1) is 6.92 Å². The lowest BCUT2D eigenvalue weighted by molar-refractivity contribution is -0.0769. The molecule has 0 saturated carbocycles. The molecule has 0 spiro atoms. The van der Waals surface area contributed by atoms with Crippen molar-refractivity contribution in [3.8, 4) is 0 Å². The first-order valence-electron chi connectivity index (χ1n) is 5.74. The summed E-state index contributed by atoms with van der Waals surface area (Å²) in [5.74, 6) is -0.981. The Kier molecular flexibility index (Phi) is 6.86. The summed E-state index contributed by atoms with van der Waals surface area (Å²) in [6.45, 7) is 1.43. The van der Waals surface area contributed by atoms with Crippen molar-refractivity contribution in [1.29, 1.82) is 0 Å². The van der Waals surface area contributed by atoms with Crippen LogP contribution >= 0.6 is 8.38 Å². The van der Waals surface area contributed by atoms with E-state index in [0.29, 0.717) is 4.57 Å². The molecule has 1 aromatic heterocycles. The Balaban J connectivity index is 2.94. The van der Waals surface area contributed by atoms with E-state index in [0.717, 1.165) is 12.3 Å². The quantitative estimate of drug-likeness (QED) is 0.560. The van der Waals surface area contributed by atoms with Crippen LogP contribution in [0.3, 0.4) is 0 Å². The predicted octanol–water partition coefficient (Wildman–Crippen LogP) is 0.510. The number of ether oxygens (including phenoxy) is 2. The Morgan fingerprint density at radius 1 is 1.57 bits per heavy atom. The van der Waals surface area contributed by atoms with Gasteiger partial charge in [-0.3, -0.25) is 9.78 Å². The SMILES string of the molecule is COC(/C=C(/F)n1cc(C)c(=O)[nH]c1=O)OCP(O)OC. The average Bonchev–Trinajstić information content (AvgIpc) is 2.46. The second-order valence-electron chi connectivity index (χ2n) is 3.87. The monoisotopic (exact) mass is 322 g/mol. The Bertz CT molecular complexity index is 613. The second-order valence-corrected chi connectivity index (χ2v) is 5.19. The molecule has 0 aliphatic rings. The number of rotatable bonds is 7. The first-order chi connectivity index (χ1) is 9.88. The van der Waals surface area contributed by atoms with Crippen molar-refractivity contribution in [1.82, 2.24) is 9.55 Å². The van der Waals surface area contributed by atoms with E-state index < -0.39 is 31.9 Å². The Labute approximate surface area is 120 Å². The van der Waals surface area contributed by atoms with Crippen LogP contribution in [-0.4, -0.2) is 41.3 Å². The molecule has 1 rings (SSSR count). The van der Waals surface area contributed by atoms with Gasteiger partial charge in [0.15, 0.2) is 14.7 Å². The maximum Gasteiger partial charge on any atom is 0.334 e. The first-order valence-corrected chi connectivity index (χ1v) is 7.14.